The Morgan fingerprint density at radius 2 is 1.93 bits per heavy atom. The lowest BCUT2D eigenvalue weighted by Crippen LogP contribution is -2.31. The molecule has 14 heavy (non-hydrogen) atoms. The topological polar surface area (TPSA) is 37.3 Å². The number of aliphatic hydroxyl groups excluding tert-OH is 1. The van der Waals surface area contributed by atoms with Crippen LogP contribution in [0.1, 0.15) is 20.3 Å². The van der Waals surface area contributed by atoms with Crippen LogP contribution in [0, 0.1) is 5.41 Å². The van der Waals surface area contributed by atoms with Crippen molar-refractivity contribution in [2.45, 2.75) is 20.3 Å². The molecule has 0 aliphatic heterocycles. The molecule has 0 bridgehead atoms. The summed E-state index contributed by atoms with van der Waals surface area (Å²) in [4.78, 5) is 11.5. The van der Waals surface area contributed by atoms with Gasteiger partial charge in [-0.05, 0) is 6.42 Å². The number of carbonyl (C=O) groups is 1. The first-order valence-corrected chi connectivity index (χ1v) is 5.09. The van der Waals surface area contributed by atoms with Crippen molar-refractivity contribution >= 4 is 40.6 Å². The summed E-state index contributed by atoms with van der Waals surface area (Å²) in [7, 11) is 0. The van der Waals surface area contributed by atoms with Crippen molar-refractivity contribution in [3.05, 3.63) is 20.9 Å². The van der Waals surface area contributed by atoms with Gasteiger partial charge in [-0.25, -0.2) is 0 Å². The molecular weight excluding hydrogens is 246 g/mol. The van der Waals surface area contributed by atoms with Crippen LogP contribution < -0.4 is 0 Å². The van der Waals surface area contributed by atoms with Crippen molar-refractivity contribution < 1.29 is 9.90 Å². The van der Waals surface area contributed by atoms with E-state index in [0.717, 1.165) is 0 Å². The van der Waals surface area contributed by atoms with E-state index >= 15 is 0 Å². The van der Waals surface area contributed by atoms with Crippen LogP contribution in [0.5, 0.6) is 0 Å². The average molecular weight is 256 g/mol. The molecule has 0 amide bonds. The van der Waals surface area contributed by atoms with Crippen molar-refractivity contribution in [3.8, 4) is 0 Å². The first-order chi connectivity index (χ1) is 6.27. The maximum Gasteiger partial charge on any atom is 0.204 e. The molecular formula is C9H9Cl3O2. The zero-order chi connectivity index (χ0) is 11.1. The number of allylic oxidation sites excluding steroid dienone is 3. The van der Waals surface area contributed by atoms with Crippen LogP contribution in [0.4, 0.5) is 0 Å². The highest BCUT2D eigenvalue weighted by Crippen LogP contribution is 2.42. The highest BCUT2D eigenvalue weighted by atomic mass is 35.5. The van der Waals surface area contributed by atoms with E-state index in [0.29, 0.717) is 12.0 Å². The highest BCUT2D eigenvalue weighted by Gasteiger charge is 2.39. The monoisotopic (exact) mass is 254 g/mol. The summed E-state index contributed by atoms with van der Waals surface area (Å²) in [6.45, 7) is 3.40. The van der Waals surface area contributed by atoms with Gasteiger partial charge in [0, 0.05) is 11.0 Å². The molecule has 1 aliphatic rings. The SMILES string of the molecule is CC1(C)CC(=C(Cl)Cl)C(Cl)=C(O)C1=O. The molecule has 0 fully saturated rings. The molecule has 0 saturated heterocycles. The van der Waals surface area contributed by atoms with E-state index in [9.17, 15) is 9.90 Å². The van der Waals surface area contributed by atoms with Gasteiger partial charge in [0.1, 0.15) is 4.49 Å². The first-order valence-electron chi connectivity index (χ1n) is 3.95. The second kappa shape index (κ2) is 3.76. The zero-order valence-corrected chi connectivity index (χ0v) is 9.96. The molecule has 1 N–H and O–H groups in total. The third-order valence-electron chi connectivity index (χ3n) is 2.15. The summed E-state index contributed by atoms with van der Waals surface area (Å²) in [6.07, 6.45) is 0.330. The molecule has 0 heterocycles. The number of rotatable bonds is 0. The van der Waals surface area contributed by atoms with Gasteiger partial charge in [-0.3, -0.25) is 4.79 Å². The van der Waals surface area contributed by atoms with E-state index in [-0.39, 0.29) is 15.3 Å². The lowest BCUT2D eigenvalue weighted by Gasteiger charge is -2.29. The van der Waals surface area contributed by atoms with Crippen LogP contribution in [0.15, 0.2) is 20.9 Å². The Morgan fingerprint density at radius 1 is 1.43 bits per heavy atom. The van der Waals surface area contributed by atoms with Crippen molar-refractivity contribution in [1.82, 2.24) is 0 Å². The molecule has 0 saturated carbocycles. The van der Waals surface area contributed by atoms with E-state index in [1.807, 2.05) is 0 Å². The van der Waals surface area contributed by atoms with Crippen LogP contribution in [-0.4, -0.2) is 10.9 Å². The lowest BCUT2D eigenvalue weighted by atomic mass is 9.77. The molecule has 0 radical (unpaired) electrons. The largest absolute Gasteiger partial charge is 0.503 e. The number of hydrogen-bond donors (Lipinski definition) is 1. The van der Waals surface area contributed by atoms with Crippen molar-refractivity contribution in [1.29, 1.82) is 0 Å². The summed E-state index contributed by atoms with van der Waals surface area (Å²) in [5.74, 6) is -0.849. The van der Waals surface area contributed by atoms with E-state index in [1.165, 1.54) is 0 Å². The minimum Gasteiger partial charge on any atom is -0.503 e. The second-order valence-electron chi connectivity index (χ2n) is 3.79. The molecule has 5 heteroatoms. The Bertz CT molecular complexity index is 349. The van der Waals surface area contributed by atoms with Crippen LogP contribution in [-0.2, 0) is 4.79 Å². The number of carbonyl (C=O) groups excluding carboxylic acids is 1. The fourth-order valence-corrected chi connectivity index (χ4v) is 1.98. The van der Waals surface area contributed by atoms with Gasteiger partial charge >= 0.3 is 0 Å². The van der Waals surface area contributed by atoms with Crippen LogP contribution in [0.3, 0.4) is 0 Å². The standard InChI is InChI=1S/C9H9Cl3O2/c1-9(2)3-4(8(11)12)5(10)6(13)7(9)14/h13H,3H2,1-2H3. The average Bonchev–Trinajstić information content (AvgIpc) is 2.08. The van der Waals surface area contributed by atoms with Crippen molar-refractivity contribution in [2.24, 2.45) is 5.41 Å². The van der Waals surface area contributed by atoms with E-state index in [4.69, 9.17) is 34.8 Å². The zero-order valence-electron chi connectivity index (χ0n) is 7.70. The highest BCUT2D eigenvalue weighted by molar-refractivity contribution is 6.57. The van der Waals surface area contributed by atoms with E-state index < -0.39 is 11.2 Å². The quantitative estimate of drug-likeness (QED) is 0.717. The molecule has 0 aromatic carbocycles. The van der Waals surface area contributed by atoms with Crippen LogP contribution in [0.25, 0.3) is 0 Å². The van der Waals surface area contributed by atoms with Crippen molar-refractivity contribution in [2.75, 3.05) is 0 Å². The maximum absolute atomic E-state index is 11.5. The Kier molecular flexibility index (Phi) is 3.20. The van der Waals surface area contributed by atoms with Gasteiger partial charge in [0.15, 0.2) is 5.76 Å². The van der Waals surface area contributed by atoms with Gasteiger partial charge in [-0.1, -0.05) is 48.7 Å². The molecule has 1 rings (SSSR count). The van der Waals surface area contributed by atoms with Gasteiger partial charge in [-0.15, -0.1) is 0 Å². The van der Waals surface area contributed by atoms with Gasteiger partial charge in [0.05, 0.1) is 5.03 Å². The second-order valence-corrected chi connectivity index (χ2v) is 5.12. The van der Waals surface area contributed by atoms with E-state index in [2.05, 4.69) is 0 Å². The Morgan fingerprint density at radius 3 is 2.36 bits per heavy atom. The van der Waals surface area contributed by atoms with Gasteiger partial charge in [0.25, 0.3) is 0 Å². The summed E-state index contributed by atoms with van der Waals surface area (Å²) >= 11 is 16.9. The molecule has 0 spiro atoms. The predicted octanol–water partition coefficient (Wildman–Crippen LogP) is 3.68. The summed E-state index contributed by atoms with van der Waals surface area (Å²) in [5, 5.41) is 9.40. The van der Waals surface area contributed by atoms with Gasteiger partial charge in [0.2, 0.25) is 5.78 Å². The Balaban J connectivity index is 3.34. The Hall–Kier alpha value is -0.180. The van der Waals surface area contributed by atoms with Crippen molar-refractivity contribution in [3.63, 3.8) is 0 Å². The third kappa shape index (κ3) is 1.92. The number of Topliss-reactive ketones (excluding diaryl/α,β-unsaturated/α-hetero) is 1. The maximum atomic E-state index is 11.5. The summed E-state index contributed by atoms with van der Waals surface area (Å²) < 4.78 is -0.0119. The summed E-state index contributed by atoms with van der Waals surface area (Å²) in [5.41, 5.74) is -0.301. The fourth-order valence-electron chi connectivity index (χ4n) is 1.31. The first kappa shape index (κ1) is 11.9. The molecule has 0 aromatic heterocycles. The Labute approximate surface area is 97.1 Å². The van der Waals surface area contributed by atoms with E-state index in [1.54, 1.807) is 13.8 Å². The molecule has 1 aliphatic carbocycles. The predicted molar refractivity (Wildman–Crippen MR) is 57.6 cm³/mol. The van der Waals surface area contributed by atoms with Gasteiger partial charge < -0.3 is 5.11 Å². The number of hydrogen-bond acceptors (Lipinski definition) is 2. The smallest absolute Gasteiger partial charge is 0.204 e. The molecule has 0 atom stereocenters. The molecule has 0 aromatic rings. The normalized spacial score (nSPS) is 21.5. The van der Waals surface area contributed by atoms with Crippen LogP contribution in [0.2, 0.25) is 0 Å². The molecule has 78 valence electrons. The fraction of sp³-hybridized carbons (Fsp3) is 0.444. The number of ketones is 1. The molecule has 2 nitrogen and oxygen atoms in total. The third-order valence-corrected chi connectivity index (χ3v) is 3.01. The minimum atomic E-state index is -0.715. The number of aliphatic hydroxyl groups is 1. The van der Waals surface area contributed by atoms with Crippen LogP contribution >= 0.6 is 34.8 Å². The lowest BCUT2D eigenvalue weighted by molar-refractivity contribution is -0.126. The van der Waals surface area contributed by atoms with Gasteiger partial charge in [-0.2, -0.15) is 0 Å². The minimum absolute atomic E-state index is 0.0119. The summed E-state index contributed by atoms with van der Waals surface area (Å²) in [6, 6.07) is 0. The molecule has 0 unspecified atom stereocenters. The number of halogens is 3.